The van der Waals surface area contributed by atoms with E-state index in [1.54, 1.807) is 6.92 Å². The van der Waals surface area contributed by atoms with E-state index in [2.05, 4.69) is 5.32 Å². The van der Waals surface area contributed by atoms with Crippen LogP contribution in [0.2, 0.25) is 0 Å². The third kappa shape index (κ3) is 3.44. The molecule has 1 fully saturated rings. The zero-order valence-electron chi connectivity index (χ0n) is 8.89. The molecule has 0 aromatic heterocycles. The Bertz CT molecular complexity index is 196. The summed E-state index contributed by atoms with van der Waals surface area (Å²) in [5.41, 5.74) is -0.113. The van der Waals surface area contributed by atoms with Gasteiger partial charge in [-0.15, -0.1) is 0 Å². The third-order valence-electron chi connectivity index (χ3n) is 2.10. The highest BCUT2D eigenvalue weighted by Gasteiger charge is 2.30. The van der Waals surface area contributed by atoms with Gasteiger partial charge in [0.15, 0.2) is 0 Å². The average Bonchev–Trinajstić information content (AvgIpc) is 2.31. The van der Waals surface area contributed by atoms with Gasteiger partial charge in [-0.2, -0.15) is 0 Å². The zero-order chi connectivity index (χ0) is 10.1. The van der Waals surface area contributed by atoms with E-state index in [1.807, 2.05) is 20.8 Å². The molecule has 3 nitrogen and oxygen atoms in total. The number of carbonyl (C=O) groups excluding carboxylic acids is 1. The molecule has 0 aromatic rings. The number of ketones is 1. The predicted octanol–water partition coefficient (Wildman–Crippen LogP) is 1.12. The fraction of sp³-hybridized carbons (Fsp3) is 0.900. The Balaban J connectivity index is 2.38. The van der Waals surface area contributed by atoms with Crippen molar-refractivity contribution in [3.8, 4) is 0 Å². The molecule has 1 rings (SSSR count). The summed E-state index contributed by atoms with van der Waals surface area (Å²) in [7, 11) is 0. The molecule has 0 aromatic carbocycles. The number of carbonyl (C=O) groups is 1. The number of nitrogens with one attached hydrogen (secondary N) is 1. The van der Waals surface area contributed by atoms with Crippen molar-refractivity contribution >= 4 is 5.78 Å². The van der Waals surface area contributed by atoms with Crippen LogP contribution in [0.25, 0.3) is 0 Å². The second-order valence-corrected chi connectivity index (χ2v) is 4.66. The second kappa shape index (κ2) is 3.76. The molecular weight excluding hydrogens is 166 g/mol. The predicted molar refractivity (Wildman–Crippen MR) is 51.7 cm³/mol. The van der Waals surface area contributed by atoms with Crippen LogP contribution >= 0.6 is 0 Å². The molecule has 1 aliphatic rings. The van der Waals surface area contributed by atoms with E-state index in [0.717, 1.165) is 13.0 Å². The lowest BCUT2D eigenvalue weighted by Gasteiger charge is -2.24. The first-order chi connectivity index (χ1) is 5.88. The maximum Gasteiger partial charge on any atom is 0.146 e. The largest absolute Gasteiger partial charge is 0.371 e. The lowest BCUT2D eigenvalue weighted by molar-refractivity contribution is -0.119. The Morgan fingerprint density at radius 3 is 2.46 bits per heavy atom. The van der Waals surface area contributed by atoms with Crippen molar-refractivity contribution < 1.29 is 9.53 Å². The van der Waals surface area contributed by atoms with Crippen LogP contribution in [-0.2, 0) is 9.53 Å². The number of ether oxygens (including phenoxy) is 1. The Morgan fingerprint density at radius 2 is 2.08 bits per heavy atom. The SMILES string of the molecule is CC(=O)[C@@H]1C[C@@H](OC(C)(C)C)CN1. The van der Waals surface area contributed by atoms with Crippen molar-refractivity contribution in [3.63, 3.8) is 0 Å². The van der Waals surface area contributed by atoms with Crippen molar-refractivity contribution in [2.75, 3.05) is 6.54 Å². The first-order valence-electron chi connectivity index (χ1n) is 4.80. The second-order valence-electron chi connectivity index (χ2n) is 4.66. The van der Waals surface area contributed by atoms with E-state index in [4.69, 9.17) is 4.74 Å². The fourth-order valence-corrected chi connectivity index (χ4v) is 1.60. The van der Waals surface area contributed by atoms with Gasteiger partial charge >= 0.3 is 0 Å². The lowest BCUT2D eigenvalue weighted by Crippen LogP contribution is -2.29. The van der Waals surface area contributed by atoms with Crippen molar-refractivity contribution in [2.45, 2.75) is 51.9 Å². The summed E-state index contributed by atoms with van der Waals surface area (Å²) < 4.78 is 5.76. The number of hydrogen-bond donors (Lipinski definition) is 1. The molecule has 76 valence electrons. The monoisotopic (exact) mass is 185 g/mol. The summed E-state index contributed by atoms with van der Waals surface area (Å²) in [6.45, 7) is 8.52. The first-order valence-corrected chi connectivity index (χ1v) is 4.80. The van der Waals surface area contributed by atoms with Crippen molar-refractivity contribution in [1.29, 1.82) is 0 Å². The minimum absolute atomic E-state index is 0.00681. The van der Waals surface area contributed by atoms with Gasteiger partial charge in [0.2, 0.25) is 0 Å². The molecule has 0 unspecified atom stereocenters. The van der Waals surface area contributed by atoms with Crippen molar-refractivity contribution in [2.24, 2.45) is 0 Å². The zero-order valence-corrected chi connectivity index (χ0v) is 8.89. The van der Waals surface area contributed by atoms with Crippen LogP contribution in [0.5, 0.6) is 0 Å². The lowest BCUT2D eigenvalue weighted by atomic mass is 10.1. The van der Waals surface area contributed by atoms with Crippen molar-refractivity contribution in [1.82, 2.24) is 5.32 Å². The summed E-state index contributed by atoms with van der Waals surface area (Å²) in [5.74, 6) is 0.208. The van der Waals surface area contributed by atoms with E-state index in [-0.39, 0.29) is 23.5 Å². The Hall–Kier alpha value is -0.410. The Kier molecular flexibility index (Phi) is 3.09. The minimum Gasteiger partial charge on any atom is -0.371 e. The van der Waals surface area contributed by atoms with Crippen LogP contribution < -0.4 is 5.32 Å². The van der Waals surface area contributed by atoms with E-state index in [0.29, 0.717) is 0 Å². The highest BCUT2D eigenvalue weighted by atomic mass is 16.5. The molecule has 1 aliphatic heterocycles. The Labute approximate surface area is 79.8 Å². The summed E-state index contributed by atoms with van der Waals surface area (Å²) in [5, 5.41) is 3.15. The normalized spacial score (nSPS) is 29.2. The van der Waals surface area contributed by atoms with Crippen LogP contribution in [0, 0.1) is 0 Å². The van der Waals surface area contributed by atoms with E-state index >= 15 is 0 Å². The van der Waals surface area contributed by atoms with Gasteiger partial charge in [-0.05, 0) is 34.1 Å². The van der Waals surface area contributed by atoms with Gasteiger partial charge in [0.25, 0.3) is 0 Å². The fourth-order valence-electron chi connectivity index (χ4n) is 1.60. The molecule has 1 N–H and O–H groups in total. The van der Waals surface area contributed by atoms with Crippen LogP contribution in [0.15, 0.2) is 0 Å². The highest BCUT2D eigenvalue weighted by Crippen LogP contribution is 2.18. The standard InChI is InChI=1S/C10H19NO2/c1-7(12)9-5-8(6-11-9)13-10(2,3)4/h8-9,11H,5-6H2,1-4H3/t8-,9+/m1/s1. The van der Waals surface area contributed by atoms with Gasteiger partial charge in [-0.25, -0.2) is 0 Å². The number of rotatable bonds is 2. The highest BCUT2D eigenvalue weighted by molar-refractivity contribution is 5.81. The molecule has 0 aliphatic carbocycles. The quantitative estimate of drug-likeness (QED) is 0.700. The summed E-state index contributed by atoms with van der Waals surface area (Å²) in [6.07, 6.45) is 1.00. The van der Waals surface area contributed by atoms with E-state index in [9.17, 15) is 4.79 Å². The van der Waals surface area contributed by atoms with Gasteiger partial charge in [0.1, 0.15) is 5.78 Å². The van der Waals surface area contributed by atoms with Gasteiger partial charge in [0, 0.05) is 6.54 Å². The summed E-state index contributed by atoms with van der Waals surface area (Å²) in [6, 6.07) is 0.00681. The van der Waals surface area contributed by atoms with Crippen LogP contribution in [0.3, 0.4) is 0 Å². The molecule has 1 saturated heterocycles. The molecule has 1 heterocycles. The Morgan fingerprint density at radius 1 is 1.46 bits per heavy atom. The molecule has 13 heavy (non-hydrogen) atoms. The van der Waals surface area contributed by atoms with Crippen LogP contribution in [-0.4, -0.2) is 30.1 Å². The maximum atomic E-state index is 11.0. The summed E-state index contributed by atoms with van der Waals surface area (Å²) in [4.78, 5) is 11.0. The summed E-state index contributed by atoms with van der Waals surface area (Å²) >= 11 is 0. The molecule has 0 bridgehead atoms. The molecule has 2 atom stereocenters. The average molecular weight is 185 g/mol. The van der Waals surface area contributed by atoms with E-state index in [1.165, 1.54) is 0 Å². The van der Waals surface area contributed by atoms with Gasteiger partial charge < -0.3 is 10.1 Å². The smallest absolute Gasteiger partial charge is 0.146 e. The minimum atomic E-state index is -0.113. The number of hydrogen-bond acceptors (Lipinski definition) is 3. The molecule has 0 radical (unpaired) electrons. The third-order valence-corrected chi connectivity index (χ3v) is 2.10. The molecule has 0 saturated carbocycles. The van der Waals surface area contributed by atoms with E-state index < -0.39 is 0 Å². The maximum absolute atomic E-state index is 11.0. The van der Waals surface area contributed by atoms with Crippen LogP contribution in [0.4, 0.5) is 0 Å². The first kappa shape index (κ1) is 10.7. The molecular formula is C10H19NO2. The molecule has 0 spiro atoms. The van der Waals surface area contributed by atoms with Gasteiger partial charge in [0.05, 0.1) is 17.7 Å². The van der Waals surface area contributed by atoms with Gasteiger partial charge in [-0.3, -0.25) is 4.79 Å². The van der Waals surface area contributed by atoms with Crippen LogP contribution in [0.1, 0.15) is 34.1 Å². The number of Topliss-reactive ketones (excluding diaryl/α,β-unsaturated/α-hetero) is 1. The molecule has 3 heteroatoms. The van der Waals surface area contributed by atoms with Gasteiger partial charge in [-0.1, -0.05) is 0 Å². The molecule has 0 amide bonds. The topological polar surface area (TPSA) is 38.3 Å². The van der Waals surface area contributed by atoms with Crippen molar-refractivity contribution in [3.05, 3.63) is 0 Å².